The lowest BCUT2D eigenvalue weighted by molar-refractivity contribution is 0.375. The van der Waals surface area contributed by atoms with Gasteiger partial charge in [0.05, 0.1) is 5.69 Å². The SMILES string of the molecule is CCCN1c2cc(F)c(C=Nc3ccc(N(CC)CC)cc3)cc2C(C)CC1(C)C. The molecule has 1 atom stereocenters. The van der Waals surface area contributed by atoms with E-state index in [4.69, 9.17) is 0 Å². The van der Waals surface area contributed by atoms with Crippen LogP contribution < -0.4 is 9.80 Å². The molecule has 4 heteroatoms. The van der Waals surface area contributed by atoms with Crippen molar-refractivity contribution in [3.8, 4) is 0 Å². The number of benzene rings is 2. The highest BCUT2D eigenvalue weighted by atomic mass is 19.1. The predicted molar refractivity (Wildman–Crippen MR) is 128 cm³/mol. The molecule has 0 bridgehead atoms. The summed E-state index contributed by atoms with van der Waals surface area (Å²) in [6, 6.07) is 11.9. The Morgan fingerprint density at radius 1 is 1.13 bits per heavy atom. The quantitative estimate of drug-likeness (QED) is 0.462. The third-order valence-corrected chi connectivity index (χ3v) is 6.28. The molecule has 0 radical (unpaired) electrons. The van der Waals surface area contributed by atoms with Gasteiger partial charge in [0, 0.05) is 48.3 Å². The highest BCUT2D eigenvalue weighted by Crippen LogP contribution is 2.44. The topological polar surface area (TPSA) is 18.8 Å². The van der Waals surface area contributed by atoms with Crippen LogP contribution in [0.15, 0.2) is 41.4 Å². The summed E-state index contributed by atoms with van der Waals surface area (Å²) >= 11 is 0. The molecular weight excluding hydrogens is 373 g/mol. The summed E-state index contributed by atoms with van der Waals surface area (Å²) in [6.07, 6.45) is 3.78. The zero-order valence-electron chi connectivity index (χ0n) is 19.4. The summed E-state index contributed by atoms with van der Waals surface area (Å²) in [6.45, 7) is 16.1. The van der Waals surface area contributed by atoms with E-state index < -0.39 is 0 Å². The van der Waals surface area contributed by atoms with Gasteiger partial charge < -0.3 is 9.80 Å². The Balaban J connectivity index is 1.89. The standard InChI is InChI=1S/C26H36FN3/c1-7-14-30-25-16-24(27)20(15-23(25)19(4)17-26(30,5)6)18-28-21-10-12-22(13-11-21)29(8-2)9-3/h10-13,15-16,18-19H,7-9,14,17H2,1-6H3. The molecule has 162 valence electrons. The number of fused-ring (bicyclic) bond motifs is 1. The fourth-order valence-corrected chi connectivity index (χ4v) is 4.75. The van der Waals surface area contributed by atoms with Gasteiger partial charge in [-0.05, 0) is 88.4 Å². The van der Waals surface area contributed by atoms with E-state index in [0.717, 1.165) is 43.9 Å². The first-order valence-corrected chi connectivity index (χ1v) is 11.3. The first-order chi connectivity index (χ1) is 14.3. The summed E-state index contributed by atoms with van der Waals surface area (Å²) < 4.78 is 15.0. The molecule has 0 saturated heterocycles. The van der Waals surface area contributed by atoms with E-state index in [1.807, 2.05) is 18.2 Å². The number of hydrogen-bond acceptors (Lipinski definition) is 3. The third kappa shape index (κ3) is 4.53. The molecule has 3 rings (SSSR count). The monoisotopic (exact) mass is 409 g/mol. The van der Waals surface area contributed by atoms with E-state index in [1.165, 1.54) is 11.3 Å². The number of hydrogen-bond donors (Lipinski definition) is 0. The van der Waals surface area contributed by atoms with Gasteiger partial charge in [-0.3, -0.25) is 4.99 Å². The second kappa shape index (κ2) is 9.20. The summed E-state index contributed by atoms with van der Waals surface area (Å²) in [5, 5.41) is 0. The zero-order valence-corrected chi connectivity index (χ0v) is 19.4. The molecule has 1 aliphatic heterocycles. The van der Waals surface area contributed by atoms with Crippen molar-refractivity contribution in [3.05, 3.63) is 53.3 Å². The Hall–Kier alpha value is -2.36. The Morgan fingerprint density at radius 2 is 1.80 bits per heavy atom. The van der Waals surface area contributed by atoms with Gasteiger partial charge in [0.2, 0.25) is 0 Å². The van der Waals surface area contributed by atoms with Crippen LogP contribution in [0.5, 0.6) is 0 Å². The molecule has 0 saturated carbocycles. The summed E-state index contributed by atoms with van der Waals surface area (Å²) in [7, 11) is 0. The van der Waals surface area contributed by atoms with E-state index >= 15 is 4.39 Å². The van der Waals surface area contributed by atoms with Crippen molar-refractivity contribution in [2.45, 2.75) is 65.8 Å². The molecule has 30 heavy (non-hydrogen) atoms. The average molecular weight is 410 g/mol. The molecule has 3 nitrogen and oxygen atoms in total. The summed E-state index contributed by atoms with van der Waals surface area (Å²) in [5.41, 5.74) is 4.89. The zero-order chi connectivity index (χ0) is 21.9. The Bertz CT molecular complexity index is 882. The maximum Gasteiger partial charge on any atom is 0.134 e. The van der Waals surface area contributed by atoms with E-state index in [9.17, 15) is 0 Å². The van der Waals surface area contributed by atoms with Crippen molar-refractivity contribution < 1.29 is 4.39 Å². The van der Waals surface area contributed by atoms with Crippen molar-refractivity contribution in [1.82, 2.24) is 0 Å². The second-order valence-electron chi connectivity index (χ2n) is 8.95. The van der Waals surface area contributed by atoms with Gasteiger partial charge in [0.25, 0.3) is 0 Å². The van der Waals surface area contributed by atoms with Crippen molar-refractivity contribution in [2.24, 2.45) is 4.99 Å². The minimum absolute atomic E-state index is 0.0388. The van der Waals surface area contributed by atoms with Crippen LogP contribution in [-0.4, -0.2) is 31.4 Å². The van der Waals surface area contributed by atoms with Gasteiger partial charge in [-0.1, -0.05) is 13.8 Å². The van der Waals surface area contributed by atoms with E-state index in [0.29, 0.717) is 11.5 Å². The largest absolute Gasteiger partial charge is 0.372 e. The number of nitrogens with zero attached hydrogens (tertiary/aromatic N) is 3. The summed E-state index contributed by atoms with van der Waals surface area (Å²) in [5.74, 6) is 0.187. The molecule has 0 N–H and O–H groups in total. The number of anilines is 2. The Kier molecular flexibility index (Phi) is 6.84. The molecule has 0 spiro atoms. The predicted octanol–water partition coefficient (Wildman–Crippen LogP) is 6.92. The van der Waals surface area contributed by atoms with Gasteiger partial charge in [0.15, 0.2) is 0 Å². The molecule has 1 aliphatic rings. The van der Waals surface area contributed by atoms with Crippen molar-refractivity contribution in [2.75, 3.05) is 29.4 Å². The maximum absolute atomic E-state index is 15.0. The van der Waals surface area contributed by atoms with Crippen LogP contribution in [0, 0.1) is 5.82 Å². The molecule has 0 aromatic heterocycles. The first kappa shape index (κ1) is 22.3. The minimum Gasteiger partial charge on any atom is -0.372 e. The summed E-state index contributed by atoms with van der Waals surface area (Å²) in [4.78, 5) is 9.22. The van der Waals surface area contributed by atoms with Crippen molar-refractivity contribution in [3.63, 3.8) is 0 Å². The molecule has 2 aromatic carbocycles. The van der Waals surface area contributed by atoms with E-state index in [-0.39, 0.29) is 11.4 Å². The van der Waals surface area contributed by atoms with Crippen LogP contribution in [0.3, 0.4) is 0 Å². The van der Waals surface area contributed by atoms with Crippen LogP contribution in [0.2, 0.25) is 0 Å². The third-order valence-electron chi connectivity index (χ3n) is 6.28. The van der Waals surface area contributed by atoms with Crippen LogP contribution in [0.4, 0.5) is 21.5 Å². The second-order valence-corrected chi connectivity index (χ2v) is 8.95. The number of rotatable bonds is 7. The van der Waals surface area contributed by atoms with Crippen LogP contribution in [-0.2, 0) is 0 Å². The lowest BCUT2D eigenvalue weighted by Crippen LogP contribution is -2.48. The smallest absolute Gasteiger partial charge is 0.134 e. The van der Waals surface area contributed by atoms with Crippen LogP contribution in [0.1, 0.15) is 71.4 Å². The highest BCUT2D eigenvalue weighted by molar-refractivity contribution is 5.84. The molecule has 0 amide bonds. The van der Waals surface area contributed by atoms with E-state index in [1.54, 1.807) is 12.3 Å². The normalized spacial score (nSPS) is 18.0. The van der Waals surface area contributed by atoms with Gasteiger partial charge in [-0.15, -0.1) is 0 Å². The van der Waals surface area contributed by atoms with Gasteiger partial charge in [-0.25, -0.2) is 4.39 Å². The Morgan fingerprint density at radius 3 is 2.40 bits per heavy atom. The lowest BCUT2D eigenvalue weighted by Gasteiger charge is -2.47. The van der Waals surface area contributed by atoms with Gasteiger partial charge in [-0.2, -0.15) is 0 Å². The van der Waals surface area contributed by atoms with Gasteiger partial charge in [0.1, 0.15) is 5.82 Å². The molecule has 0 fully saturated rings. The van der Waals surface area contributed by atoms with Crippen LogP contribution >= 0.6 is 0 Å². The maximum atomic E-state index is 15.0. The molecular formula is C26H36FN3. The molecule has 0 aliphatic carbocycles. The average Bonchev–Trinajstić information content (AvgIpc) is 2.71. The fraction of sp³-hybridized carbons (Fsp3) is 0.500. The molecule has 1 unspecified atom stereocenters. The lowest BCUT2D eigenvalue weighted by atomic mass is 9.79. The Labute approximate surface area is 181 Å². The molecule has 1 heterocycles. The minimum atomic E-state index is -0.205. The number of halogens is 1. The van der Waals surface area contributed by atoms with Crippen molar-refractivity contribution in [1.29, 1.82) is 0 Å². The van der Waals surface area contributed by atoms with Crippen LogP contribution in [0.25, 0.3) is 0 Å². The van der Waals surface area contributed by atoms with E-state index in [2.05, 4.69) is 68.5 Å². The highest BCUT2D eigenvalue weighted by Gasteiger charge is 2.36. The first-order valence-electron chi connectivity index (χ1n) is 11.3. The van der Waals surface area contributed by atoms with Crippen molar-refractivity contribution >= 4 is 23.3 Å². The molecule has 2 aromatic rings. The van der Waals surface area contributed by atoms with Gasteiger partial charge >= 0.3 is 0 Å². The number of aliphatic imine (C=N–C) groups is 1. The fourth-order valence-electron chi connectivity index (χ4n) is 4.75.